The number of hydrogen-bond acceptors (Lipinski definition) is 4. The Balaban J connectivity index is 1.70. The maximum absolute atomic E-state index is 5.99. The number of nitrogens with zero attached hydrogens (tertiary/aromatic N) is 3. The van der Waals surface area contributed by atoms with Gasteiger partial charge in [-0.25, -0.2) is 0 Å². The third-order valence-corrected chi connectivity index (χ3v) is 4.88. The second kappa shape index (κ2) is 6.31. The van der Waals surface area contributed by atoms with Gasteiger partial charge in [0, 0.05) is 28.3 Å². The van der Waals surface area contributed by atoms with E-state index in [4.69, 9.17) is 5.73 Å². The number of anilines is 1. The molecule has 1 saturated heterocycles. The van der Waals surface area contributed by atoms with Crippen LogP contribution in [0.3, 0.4) is 0 Å². The fourth-order valence-electron chi connectivity index (χ4n) is 2.76. The number of aromatic amines is 1. The van der Waals surface area contributed by atoms with Crippen molar-refractivity contribution in [3.63, 3.8) is 0 Å². The predicted octanol–water partition coefficient (Wildman–Crippen LogP) is 2.64. The molecule has 3 N–H and O–H groups in total. The van der Waals surface area contributed by atoms with E-state index >= 15 is 0 Å². The summed E-state index contributed by atoms with van der Waals surface area (Å²) >= 11 is 2.30. The lowest BCUT2D eigenvalue weighted by atomic mass is 9.91. The molecule has 0 bridgehead atoms. The van der Waals surface area contributed by atoms with Gasteiger partial charge in [-0.2, -0.15) is 4.98 Å². The van der Waals surface area contributed by atoms with Crippen LogP contribution < -0.4 is 10.6 Å². The number of halogens is 1. The highest BCUT2D eigenvalue weighted by Crippen LogP contribution is 2.24. The minimum atomic E-state index is 0.279. The molecule has 3 rings (SSSR count). The van der Waals surface area contributed by atoms with Gasteiger partial charge in [0.25, 0.3) is 0 Å². The summed E-state index contributed by atoms with van der Waals surface area (Å²) in [7, 11) is 0. The monoisotopic (exact) mass is 397 g/mol. The molecule has 2 aromatic rings. The third kappa shape index (κ3) is 3.37. The van der Waals surface area contributed by atoms with Gasteiger partial charge in [-0.3, -0.25) is 5.10 Å². The summed E-state index contributed by atoms with van der Waals surface area (Å²) in [5, 5.41) is 7.41. The van der Waals surface area contributed by atoms with Crippen LogP contribution in [0.1, 0.15) is 19.8 Å². The van der Waals surface area contributed by atoms with Crippen LogP contribution in [0.5, 0.6) is 0 Å². The molecule has 2 heterocycles. The summed E-state index contributed by atoms with van der Waals surface area (Å²) in [5.74, 6) is 2.25. The van der Waals surface area contributed by atoms with Crippen molar-refractivity contribution >= 4 is 28.5 Å². The first kappa shape index (κ1) is 14.8. The maximum Gasteiger partial charge on any atom is 0.245 e. The Morgan fingerprint density at radius 3 is 2.57 bits per heavy atom. The fraction of sp³-hybridized carbons (Fsp3) is 0.467. The van der Waals surface area contributed by atoms with Crippen LogP contribution >= 0.6 is 22.6 Å². The molecule has 1 fully saturated rings. The first-order valence-electron chi connectivity index (χ1n) is 7.32. The lowest BCUT2D eigenvalue weighted by Gasteiger charge is -2.32. The highest BCUT2D eigenvalue weighted by molar-refractivity contribution is 14.1. The smallest absolute Gasteiger partial charge is 0.245 e. The number of rotatable bonds is 3. The van der Waals surface area contributed by atoms with Crippen LogP contribution in [0.4, 0.5) is 5.95 Å². The van der Waals surface area contributed by atoms with Gasteiger partial charge in [0.15, 0.2) is 5.82 Å². The minimum absolute atomic E-state index is 0.279. The van der Waals surface area contributed by atoms with Gasteiger partial charge in [-0.05, 0) is 60.4 Å². The van der Waals surface area contributed by atoms with E-state index in [1.54, 1.807) is 0 Å². The topological polar surface area (TPSA) is 70.8 Å². The summed E-state index contributed by atoms with van der Waals surface area (Å²) < 4.78 is 1.22. The first-order chi connectivity index (χ1) is 10.1. The van der Waals surface area contributed by atoms with Crippen LogP contribution in [0.25, 0.3) is 11.4 Å². The zero-order valence-electron chi connectivity index (χ0n) is 12.1. The van der Waals surface area contributed by atoms with E-state index in [9.17, 15) is 0 Å². The van der Waals surface area contributed by atoms with E-state index < -0.39 is 0 Å². The van der Waals surface area contributed by atoms with E-state index in [1.165, 1.54) is 3.57 Å². The number of nitrogens with one attached hydrogen (secondary N) is 1. The minimum Gasteiger partial charge on any atom is -0.340 e. The van der Waals surface area contributed by atoms with Crippen LogP contribution in [0.2, 0.25) is 0 Å². The molecule has 6 heteroatoms. The Labute approximate surface area is 138 Å². The fourth-order valence-corrected chi connectivity index (χ4v) is 3.12. The Morgan fingerprint density at radius 2 is 1.95 bits per heavy atom. The van der Waals surface area contributed by atoms with Gasteiger partial charge in [0.2, 0.25) is 5.95 Å². The Bertz CT molecular complexity index is 584. The summed E-state index contributed by atoms with van der Waals surface area (Å²) in [6.45, 7) is 4.06. The zero-order valence-corrected chi connectivity index (χ0v) is 14.2. The molecular formula is C15H20IN5. The zero-order chi connectivity index (χ0) is 14.8. The molecule has 0 spiro atoms. The van der Waals surface area contributed by atoms with Crippen LogP contribution in [-0.2, 0) is 0 Å². The van der Waals surface area contributed by atoms with Crippen molar-refractivity contribution in [1.29, 1.82) is 0 Å². The first-order valence-corrected chi connectivity index (χ1v) is 8.40. The van der Waals surface area contributed by atoms with Gasteiger partial charge in [-0.1, -0.05) is 12.1 Å². The molecule has 0 amide bonds. The largest absolute Gasteiger partial charge is 0.340 e. The summed E-state index contributed by atoms with van der Waals surface area (Å²) in [6.07, 6.45) is 2.23. The number of aromatic nitrogens is 3. The molecular weight excluding hydrogens is 377 g/mol. The average Bonchev–Trinajstić information content (AvgIpc) is 2.98. The number of nitrogens with two attached hydrogens (primary N) is 1. The van der Waals surface area contributed by atoms with Gasteiger partial charge in [0.1, 0.15) is 0 Å². The summed E-state index contributed by atoms with van der Waals surface area (Å²) in [4.78, 5) is 6.87. The van der Waals surface area contributed by atoms with E-state index in [-0.39, 0.29) is 6.04 Å². The van der Waals surface area contributed by atoms with Crippen molar-refractivity contribution in [2.24, 2.45) is 11.7 Å². The Hall–Kier alpha value is -1.15. The van der Waals surface area contributed by atoms with Gasteiger partial charge in [0.05, 0.1) is 0 Å². The predicted molar refractivity (Wildman–Crippen MR) is 93.1 cm³/mol. The number of H-pyrrole nitrogens is 1. The number of benzene rings is 1. The SMILES string of the molecule is CC(N)C1CCN(c2n[nH]c(-c3ccc(I)cc3)n2)CC1. The molecule has 5 nitrogen and oxygen atoms in total. The Kier molecular flexibility index (Phi) is 4.44. The molecule has 1 aromatic carbocycles. The quantitative estimate of drug-likeness (QED) is 0.782. The standard InChI is InChI=1S/C15H20IN5/c1-10(17)11-6-8-21(9-7-11)15-18-14(19-20-15)12-2-4-13(16)5-3-12/h2-5,10-11H,6-9,17H2,1H3,(H,18,19,20). The number of hydrogen-bond donors (Lipinski definition) is 2. The van der Waals surface area contributed by atoms with E-state index in [0.29, 0.717) is 5.92 Å². The van der Waals surface area contributed by atoms with Crippen molar-refractivity contribution < 1.29 is 0 Å². The van der Waals surface area contributed by atoms with Crippen LogP contribution in [-0.4, -0.2) is 34.3 Å². The van der Waals surface area contributed by atoms with Crippen molar-refractivity contribution in [3.05, 3.63) is 27.8 Å². The van der Waals surface area contributed by atoms with E-state index in [1.807, 2.05) is 0 Å². The van der Waals surface area contributed by atoms with Crippen molar-refractivity contribution in [2.45, 2.75) is 25.8 Å². The molecule has 112 valence electrons. The molecule has 21 heavy (non-hydrogen) atoms. The van der Waals surface area contributed by atoms with Crippen molar-refractivity contribution in [1.82, 2.24) is 15.2 Å². The highest BCUT2D eigenvalue weighted by atomic mass is 127. The lowest BCUT2D eigenvalue weighted by Crippen LogP contribution is -2.40. The van der Waals surface area contributed by atoms with E-state index in [0.717, 1.165) is 43.3 Å². The van der Waals surface area contributed by atoms with Crippen molar-refractivity contribution in [2.75, 3.05) is 18.0 Å². The van der Waals surface area contributed by atoms with E-state index in [2.05, 4.69) is 73.9 Å². The Morgan fingerprint density at radius 1 is 1.29 bits per heavy atom. The lowest BCUT2D eigenvalue weighted by molar-refractivity contribution is 0.352. The van der Waals surface area contributed by atoms with Crippen molar-refractivity contribution in [3.8, 4) is 11.4 Å². The molecule has 1 aliphatic rings. The molecule has 1 aromatic heterocycles. The molecule has 1 aliphatic heterocycles. The third-order valence-electron chi connectivity index (χ3n) is 4.16. The second-order valence-electron chi connectivity index (χ2n) is 5.67. The summed E-state index contributed by atoms with van der Waals surface area (Å²) in [5.41, 5.74) is 7.06. The summed E-state index contributed by atoms with van der Waals surface area (Å²) in [6, 6.07) is 8.56. The number of piperidine rings is 1. The molecule has 0 aliphatic carbocycles. The van der Waals surface area contributed by atoms with Gasteiger partial charge < -0.3 is 10.6 Å². The second-order valence-corrected chi connectivity index (χ2v) is 6.92. The van der Waals surface area contributed by atoms with Crippen LogP contribution in [0.15, 0.2) is 24.3 Å². The maximum atomic E-state index is 5.99. The average molecular weight is 397 g/mol. The molecule has 0 radical (unpaired) electrons. The normalized spacial score (nSPS) is 18.0. The highest BCUT2D eigenvalue weighted by Gasteiger charge is 2.24. The molecule has 1 unspecified atom stereocenters. The molecule has 0 saturated carbocycles. The molecule has 1 atom stereocenters. The van der Waals surface area contributed by atoms with Gasteiger partial charge >= 0.3 is 0 Å². The van der Waals surface area contributed by atoms with Gasteiger partial charge in [-0.15, -0.1) is 5.10 Å². The van der Waals surface area contributed by atoms with Crippen LogP contribution in [0, 0.1) is 9.49 Å².